The lowest BCUT2D eigenvalue weighted by Gasteiger charge is -2.02. The van der Waals surface area contributed by atoms with Crippen molar-refractivity contribution in [2.75, 3.05) is 6.54 Å². The van der Waals surface area contributed by atoms with Crippen LogP contribution in [0.3, 0.4) is 0 Å². The number of pyridine rings is 1. The molecule has 0 spiro atoms. The number of nitrogens with one attached hydrogen (secondary N) is 1. The molecule has 0 aliphatic carbocycles. The molecule has 1 fully saturated rings. The Balaban J connectivity index is 1.98. The van der Waals surface area contributed by atoms with E-state index in [1.54, 1.807) is 18.3 Å². The molecule has 1 N–H and O–H groups in total. The Morgan fingerprint density at radius 2 is 2.47 bits per heavy atom. The molecule has 0 aromatic carbocycles. The van der Waals surface area contributed by atoms with Crippen molar-refractivity contribution >= 4 is 11.2 Å². The molecule has 1 saturated heterocycles. The van der Waals surface area contributed by atoms with Gasteiger partial charge in [0.2, 0.25) is 5.89 Å². The third kappa shape index (κ3) is 1.48. The van der Waals surface area contributed by atoms with Gasteiger partial charge in [0, 0.05) is 19.2 Å². The van der Waals surface area contributed by atoms with Crippen molar-refractivity contribution in [3.8, 4) is 0 Å². The standard InChI is InChI=1S/C10H10FN3O/c11-6-4-7(13-5-6)10-14-9-8(15-10)2-1-3-12-9/h1-3,6-7,13H,4-5H2/t6-,7+/m1/s1. The van der Waals surface area contributed by atoms with Crippen LogP contribution in [0, 0.1) is 0 Å². The smallest absolute Gasteiger partial charge is 0.214 e. The Hall–Kier alpha value is -1.49. The van der Waals surface area contributed by atoms with Crippen LogP contribution in [0.25, 0.3) is 11.2 Å². The molecule has 3 heterocycles. The summed E-state index contributed by atoms with van der Waals surface area (Å²) in [6, 6.07) is 3.48. The number of oxazole rings is 1. The van der Waals surface area contributed by atoms with Crippen molar-refractivity contribution in [1.29, 1.82) is 0 Å². The fourth-order valence-corrected chi connectivity index (χ4v) is 1.82. The Labute approximate surface area is 85.5 Å². The third-order valence-electron chi connectivity index (χ3n) is 2.56. The summed E-state index contributed by atoms with van der Waals surface area (Å²) in [4.78, 5) is 8.29. The second-order valence-corrected chi connectivity index (χ2v) is 3.67. The highest BCUT2D eigenvalue weighted by molar-refractivity contribution is 5.66. The minimum Gasteiger partial charge on any atom is -0.437 e. The molecule has 0 unspecified atom stereocenters. The molecule has 78 valence electrons. The first-order chi connectivity index (χ1) is 7.33. The van der Waals surface area contributed by atoms with Crippen LogP contribution in [-0.4, -0.2) is 22.7 Å². The van der Waals surface area contributed by atoms with E-state index in [0.717, 1.165) is 0 Å². The van der Waals surface area contributed by atoms with E-state index in [9.17, 15) is 4.39 Å². The van der Waals surface area contributed by atoms with Crippen LogP contribution in [0.4, 0.5) is 4.39 Å². The minimum absolute atomic E-state index is 0.116. The van der Waals surface area contributed by atoms with Crippen molar-refractivity contribution in [2.45, 2.75) is 18.6 Å². The molecule has 1 aliphatic rings. The normalized spacial score (nSPS) is 26.2. The number of nitrogens with zero attached hydrogens (tertiary/aromatic N) is 2. The lowest BCUT2D eigenvalue weighted by Crippen LogP contribution is -2.14. The van der Waals surface area contributed by atoms with E-state index in [0.29, 0.717) is 30.1 Å². The molecule has 0 radical (unpaired) electrons. The van der Waals surface area contributed by atoms with Crippen LogP contribution in [0.1, 0.15) is 18.4 Å². The fraction of sp³-hybridized carbons (Fsp3) is 0.400. The molecule has 2 atom stereocenters. The van der Waals surface area contributed by atoms with Gasteiger partial charge in [-0.3, -0.25) is 0 Å². The van der Waals surface area contributed by atoms with Gasteiger partial charge in [0.15, 0.2) is 11.2 Å². The molecule has 15 heavy (non-hydrogen) atoms. The topological polar surface area (TPSA) is 51.0 Å². The maximum absolute atomic E-state index is 13.0. The van der Waals surface area contributed by atoms with Gasteiger partial charge in [-0.15, -0.1) is 0 Å². The average Bonchev–Trinajstić information content (AvgIpc) is 2.82. The number of alkyl halides is 1. The average molecular weight is 207 g/mol. The molecule has 1 aliphatic heterocycles. The van der Waals surface area contributed by atoms with Gasteiger partial charge in [-0.25, -0.2) is 9.37 Å². The van der Waals surface area contributed by atoms with Gasteiger partial charge < -0.3 is 9.73 Å². The van der Waals surface area contributed by atoms with E-state index in [1.165, 1.54) is 0 Å². The van der Waals surface area contributed by atoms with Crippen LogP contribution in [0.2, 0.25) is 0 Å². The Kier molecular flexibility index (Phi) is 1.92. The van der Waals surface area contributed by atoms with Crippen LogP contribution in [-0.2, 0) is 0 Å². The highest BCUT2D eigenvalue weighted by Crippen LogP contribution is 2.26. The van der Waals surface area contributed by atoms with Gasteiger partial charge in [0.05, 0.1) is 6.04 Å². The first-order valence-electron chi connectivity index (χ1n) is 4.92. The monoisotopic (exact) mass is 207 g/mol. The van der Waals surface area contributed by atoms with Crippen molar-refractivity contribution in [1.82, 2.24) is 15.3 Å². The summed E-state index contributed by atoms with van der Waals surface area (Å²) in [5.74, 6) is 0.531. The second kappa shape index (κ2) is 3.27. The van der Waals surface area contributed by atoms with Crippen LogP contribution < -0.4 is 5.32 Å². The summed E-state index contributed by atoms with van der Waals surface area (Å²) in [5.41, 5.74) is 1.23. The van der Waals surface area contributed by atoms with Gasteiger partial charge in [0.25, 0.3) is 0 Å². The highest BCUT2D eigenvalue weighted by Gasteiger charge is 2.28. The molecular formula is C10H10FN3O. The highest BCUT2D eigenvalue weighted by atomic mass is 19.1. The SMILES string of the molecule is F[C@H]1CN[C@H](c2nc3ncccc3o2)C1. The summed E-state index contributed by atoms with van der Waals surface area (Å²) in [7, 11) is 0. The van der Waals surface area contributed by atoms with E-state index in [2.05, 4.69) is 15.3 Å². The number of halogens is 1. The van der Waals surface area contributed by atoms with E-state index < -0.39 is 6.17 Å². The Morgan fingerprint density at radius 3 is 3.20 bits per heavy atom. The van der Waals surface area contributed by atoms with Crippen molar-refractivity contribution in [3.05, 3.63) is 24.2 Å². The van der Waals surface area contributed by atoms with Gasteiger partial charge >= 0.3 is 0 Å². The van der Waals surface area contributed by atoms with Crippen molar-refractivity contribution in [3.63, 3.8) is 0 Å². The molecule has 4 nitrogen and oxygen atoms in total. The summed E-state index contributed by atoms with van der Waals surface area (Å²) in [6.45, 7) is 0.372. The largest absolute Gasteiger partial charge is 0.437 e. The fourth-order valence-electron chi connectivity index (χ4n) is 1.82. The molecular weight excluding hydrogens is 197 g/mol. The molecule has 0 saturated carbocycles. The van der Waals surface area contributed by atoms with E-state index in [1.807, 2.05) is 0 Å². The maximum Gasteiger partial charge on any atom is 0.214 e. The number of hydrogen-bond acceptors (Lipinski definition) is 4. The second-order valence-electron chi connectivity index (χ2n) is 3.67. The molecule has 2 aromatic rings. The predicted octanol–water partition coefficient (Wildman–Crippen LogP) is 1.60. The van der Waals surface area contributed by atoms with Gasteiger partial charge in [-0.2, -0.15) is 4.98 Å². The molecule has 3 rings (SSSR count). The number of rotatable bonds is 1. The number of hydrogen-bond donors (Lipinski definition) is 1. The molecule has 0 amide bonds. The zero-order valence-electron chi connectivity index (χ0n) is 7.98. The molecule has 0 bridgehead atoms. The summed E-state index contributed by atoms with van der Waals surface area (Å²) < 4.78 is 18.5. The quantitative estimate of drug-likeness (QED) is 0.771. The summed E-state index contributed by atoms with van der Waals surface area (Å²) >= 11 is 0. The zero-order chi connectivity index (χ0) is 10.3. The van der Waals surface area contributed by atoms with Crippen LogP contribution in [0.15, 0.2) is 22.7 Å². The Bertz CT molecular complexity index is 451. The minimum atomic E-state index is -0.807. The lowest BCUT2D eigenvalue weighted by molar-refractivity contribution is 0.348. The lowest BCUT2D eigenvalue weighted by atomic mass is 10.2. The van der Waals surface area contributed by atoms with Gasteiger partial charge in [-0.1, -0.05) is 0 Å². The van der Waals surface area contributed by atoms with Crippen molar-refractivity contribution < 1.29 is 8.81 Å². The van der Waals surface area contributed by atoms with Crippen molar-refractivity contribution in [2.24, 2.45) is 0 Å². The zero-order valence-corrected chi connectivity index (χ0v) is 7.98. The number of aromatic nitrogens is 2. The van der Waals surface area contributed by atoms with E-state index in [-0.39, 0.29) is 6.04 Å². The van der Waals surface area contributed by atoms with Gasteiger partial charge in [0.1, 0.15) is 6.17 Å². The first kappa shape index (κ1) is 8.79. The van der Waals surface area contributed by atoms with Gasteiger partial charge in [-0.05, 0) is 12.1 Å². The first-order valence-corrected chi connectivity index (χ1v) is 4.92. The van der Waals surface area contributed by atoms with E-state index in [4.69, 9.17) is 4.42 Å². The summed E-state index contributed by atoms with van der Waals surface area (Å²) in [6.07, 6.45) is 1.28. The summed E-state index contributed by atoms with van der Waals surface area (Å²) in [5, 5.41) is 3.02. The third-order valence-corrected chi connectivity index (χ3v) is 2.56. The molecule has 2 aromatic heterocycles. The van der Waals surface area contributed by atoms with Crippen LogP contribution in [0.5, 0.6) is 0 Å². The predicted molar refractivity (Wildman–Crippen MR) is 52.1 cm³/mol. The van der Waals surface area contributed by atoms with Crippen LogP contribution >= 0.6 is 0 Å². The number of fused-ring (bicyclic) bond motifs is 1. The maximum atomic E-state index is 13.0. The Morgan fingerprint density at radius 1 is 1.53 bits per heavy atom. The van der Waals surface area contributed by atoms with E-state index >= 15 is 0 Å². The molecule has 5 heteroatoms.